The fourth-order valence-corrected chi connectivity index (χ4v) is 2.36. The molecule has 1 aromatic carbocycles. The summed E-state index contributed by atoms with van der Waals surface area (Å²) < 4.78 is 26.9. The van der Waals surface area contributed by atoms with E-state index in [-0.39, 0.29) is 23.9 Å². The molecule has 1 fully saturated rings. The lowest BCUT2D eigenvalue weighted by Crippen LogP contribution is -2.61. The van der Waals surface area contributed by atoms with E-state index >= 15 is 0 Å². The molecule has 0 radical (unpaired) electrons. The van der Waals surface area contributed by atoms with E-state index in [1.165, 1.54) is 17.0 Å². The maximum absolute atomic E-state index is 13.7. The number of nitrogens with one attached hydrogen (secondary N) is 1. The van der Waals surface area contributed by atoms with E-state index in [2.05, 4.69) is 5.32 Å². The molecule has 2 unspecified atom stereocenters. The Hall–Kier alpha value is -1.98. The first-order chi connectivity index (χ1) is 9.45. The van der Waals surface area contributed by atoms with Gasteiger partial charge in [-0.2, -0.15) is 0 Å². The van der Waals surface area contributed by atoms with Gasteiger partial charge < -0.3 is 10.2 Å². The molecule has 0 bridgehead atoms. The molecule has 2 atom stereocenters. The lowest BCUT2D eigenvalue weighted by molar-refractivity contribution is -0.149. The lowest BCUT2D eigenvalue weighted by atomic mass is 10.0. The topological polar surface area (TPSA) is 49.4 Å². The molecule has 6 heteroatoms. The van der Waals surface area contributed by atoms with Gasteiger partial charge in [0.2, 0.25) is 11.8 Å². The molecular formula is C14H16F2N2O2. The molecule has 1 heterocycles. The molecule has 108 valence electrons. The van der Waals surface area contributed by atoms with E-state index < -0.39 is 23.7 Å². The number of carbonyl (C=O) groups excluding carboxylic acids is 2. The Morgan fingerprint density at radius 2 is 2.00 bits per heavy atom. The summed E-state index contributed by atoms with van der Waals surface area (Å²) in [6.45, 7) is 3.22. The van der Waals surface area contributed by atoms with Crippen LogP contribution in [0.15, 0.2) is 18.2 Å². The molecule has 2 amide bonds. The summed E-state index contributed by atoms with van der Waals surface area (Å²) in [6, 6.07) is 2.51. The van der Waals surface area contributed by atoms with Crippen LogP contribution in [0, 0.1) is 11.6 Å². The molecule has 0 aliphatic carbocycles. The highest BCUT2D eigenvalue weighted by Gasteiger charge is 2.37. The van der Waals surface area contributed by atoms with Crippen molar-refractivity contribution < 1.29 is 18.4 Å². The molecule has 2 rings (SSSR count). The highest BCUT2D eigenvalue weighted by molar-refractivity contribution is 5.96. The molecule has 1 N–H and O–H groups in total. The van der Waals surface area contributed by atoms with Crippen molar-refractivity contribution >= 4 is 11.8 Å². The summed E-state index contributed by atoms with van der Waals surface area (Å²) in [5, 5.41) is 2.57. The number of piperazine rings is 1. The summed E-state index contributed by atoms with van der Waals surface area (Å²) in [4.78, 5) is 25.3. The van der Waals surface area contributed by atoms with Crippen molar-refractivity contribution in [2.75, 3.05) is 0 Å². The van der Waals surface area contributed by atoms with Crippen molar-refractivity contribution in [3.8, 4) is 0 Å². The standard InChI is InChI=1S/C14H16F2N2O2/c1-3-11-13(19)17-8(2)14(20)18(11)7-9-5-4-6-10(15)12(9)16/h4-6,8,11H,3,7H2,1-2H3,(H,17,19). The summed E-state index contributed by atoms with van der Waals surface area (Å²) >= 11 is 0. The monoisotopic (exact) mass is 282 g/mol. The Balaban J connectivity index is 2.30. The normalized spacial score (nSPS) is 22.9. The molecule has 1 aromatic rings. The number of nitrogens with zero attached hydrogens (tertiary/aromatic N) is 1. The smallest absolute Gasteiger partial charge is 0.245 e. The zero-order valence-corrected chi connectivity index (χ0v) is 11.3. The van der Waals surface area contributed by atoms with Crippen LogP contribution < -0.4 is 5.32 Å². The van der Waals surface area contributed by atoms with E-state index in [0.29, 0.717) is 6.42 Å². The molecule has 1 aliphatic rings. The van der Waals surface area contributed by atoms with Crippen molar-refractivity contribution in [2.45, 2.75) is 38.9 Å². The van der Waals surface area contributed by atoms with Crippen LogP contribution in [-0.2, 0) is 16.1 Å². The Kier molecular flexibility index (Phi) is 4.01. The number of hydrogen-bond donors (Lipinski definition) is 1. The fourth-order valence-electron chi connectivity index (χ4n) is 2.36. The second-order valence-electron chi connectivity index (χ2n) is 4.83. The average molecular weight is 282 g/mol. The van der Waals surface area contributed by atoms with Crippen molar-refractivity contribution in [1.29, 1.82) is 0 Å². The van der Waals surface area contributed by atoms with Crippen LogP contribution in [0.3, 0.4) is 0 Å². The third-order valence-electron chi connectivity index (χ3n) is 3.45. The molecule has 1 saturated heterocycles. The van der Waals surface area contributed by atoms with Gasteiger partial charge in [0, 0.05) is 12.1 Å². The predicted molar refractivity (Wildman–Crippen MR) is 68.6 cm³/mol. The zero-order valence-electron chi connectivity index (χ0n) is 11.3. The number of hydrogen-bond acceptors (Lipinski definition) is 2. The number of carbonyl (C=O) groups is 2. The quantitative estimate of drug-likeness (QED) is 0.915. The molecule has 1 aliphatic heterocycles. The third kappa shape index (κ3) is 2.50. The minimum Gasteiger partial charge on any atom is -0.343 e. The maximum atomic E-state index is 13.7. The molecule has 4 nitrogen and oxygen atoms in total. The lowest BCUT2D eigenvalue weighted by Gasteiger charge is -2.37. The van der Waals surface area contributed by atoms with Crippen LogP contribution in [0.5, 0.6) is 0 Å². The average Bonchev–Trinajstić information content (AvgIpc) is 2.41. The number of amides is 2. The van der Waals surface area contributed by atoms with Crippen molar-refractivity contribution in [3.05, 3.63) is 35.4 Å². The van der Waals surface area contributed by atoms with Crippen molar-refractivity contribution in [1.82, 2.24) is 10.2 Å². The number of rotatable bonds is 3. The van der Waals surface area contributed by atoms with Gasteiger partial charge in [0.15, 0.2) is 11.6 Å². The van der Waals surface area contributed by atoms with Gasteiger partial charge in [-0.05, 0) is 19.4 Å². The van der Waals surface area contributed by atoms with E-state index in [0.717, 1.165) is 6.07 Å². The molecule has 20 heavy (non-hydrogen) atoms. The Labute approximate surface area is 115 Å². The van der Waals surface area contributed by atoms with Crippen LogP contribution in [0.2, 0.25) is 0 Å². The minimum absolute atomic E-state index is 0.0682. The van der Waals surface area contributed by atoms with E-state index in [4.69, 9.17) is 0 Å². The summed E-state index contributed by atoms with van der Waals surface area (Å²) in [6.07, 6.45) is 0.418. The van der Waals surface area contributed by atoms with Gasteiger partial charge in [0.25, 0.3) is 0 Å². The SMILES string of the molecule is CCC1C(=O)NC(C)C(=O)N1Cc1cccc(F)c1F. The van der Waals surface area contributed by atoms with Gasteiger partial charge in [0.05, 0.1) is 0 Å². The van der Waals surface area contributed by atoms with Crippen molar-refractivity contribution in [3.63, 3.8) is 0 Å². The largest absolute Gasteiger partial charge is 0.343 e. The van der Waals surface area contributed by atoms with Crippen LogP contribution in [-0.4, -0.2) is 28.8 Å². The van der Waals surface area contributed by atoms with Gasteiger partial charge in [-0.3, -0.25) is 9.59 Å². The van der Waals surface area contributed by atoms with Crippen LogP contribution in [0.25, 0.3) is 0 Å². The Bertz CT molecular complexity index is 548. The first-order valence-corrected chi connectivity index (χ1v) is 6.49. The van der Waals surface area contributed by atoms with Crippen molar-refractivity contribution in [2.24, 2.45) is 0 Å². The molecular weight excluding hydrogens is 266 g/mol. The predicted octanol–water partition coefficient (Wildman–Crippen LogP) is 1.59. The Morgan fingerprint density at radius 1 is 1.30 bits per heavy atom. The van der Waals surface area contributed by atoms with E-state index in [9.17, 15) is 18.4 Å². The molecule has 0 spiro atoms. The third-order valence-corrected chi connectivity index (χ3v) is 3.45. The van der Waals surface area contributed by atoms with Crippen LogP contribution in [0.1, 0.15) is 25.8 Å². The van der Waals surface area contributed by atoms with E-state index in [1.54, 1.807) is 13.8 Å². The van der Waals surface area contributed by atoms with Gasteiger partial charge in [0.1, 0.15) is 12.1 Å². The van der Waals surface area contributed by atoms with Gasteiger partial charge >= 0.3 is 0 Å². The summed E-state index contributed by atoms with van der Waals surface area (Å²) in [5.41, 5.74) is 0.0682. The minimum atomic E-state index is -0.978. The van der Waals surface area contributed by atoms with Gasteiger partial charge in [-0.15, -0.1) is 0 Å². The second-order valence-corrected chi connectivity index (χ2v) is 4.83. The molecule has 0 aromatic heterocycles. The summed E-state index contributed by atoms with van der Waals surface area (Å²) in [5.74, 6) is -2.50. The summed E-state index contributed by atoms with van der Waals surface area (Å²) in [7, 11) is 0. The fraction of sp³-hybridized carbons (Fsp3) is 0.429. The highest BCUT2D eigenvalue weighted by atomic mass is 19.2. The first-order valence-electron chi connectivity index (χ1n) is 6.49. The van der Waals surface area contributed by atoms with Crippen LogP contribution >= 0.6 is 0 Å². The number of benzene rings is 1. The molecule has 0 saturated carbocycles. The first kappa shape index (κ1) is 14.4. The highest BCUT2D eigenvalue weighted by Crippen LogP contribution is 2.19. The van der Waals surface area contributed by atoms with Crippen LogP contribution in [0.4, 0.5) is 8.78 Å². The van der Waals surface area contributed by atoms with E-state index in [1.807, 2.05) is 0 Å². The zero-order chi connectivity index (χ0) is 14.9. The van der Waals surface area contributed by atoms with Gasteiger partial charge in [-0.25, -0.2) is 8.78 Å². The maximum Gasteiger partial charge on any atom is 0.245 e. The Morgan fingerprint density at radius 3 is 2.65 bits per heavy atom. The van der Waals surface area contributed by atoms with Gasteiger partial charge in [-0.1, -0.05) is 19.1 Å². The number of halogens is 2. The second kappa shape index (κ2) is 5.56.